The lowest BCUT2D eigenvalue weighted by atomic mass is 9.98. The van der Waals surface area contributed by atoms with Crippen molar-refractivity contribution in [2.24, 2.45) is 0 Å². The number of hydrogen-bond acceptors (Lipinski definition) is 3. The molecule has 0 saturated carbocycles. The first-order valence-electron chi connectivity index (χ1n) is 6.45. The molecule has 0 radical (unpaired) electrons. The van der Waals surface area contributed by atoms with Crippen LogP contribution < -0.4 is 4.72 Å². The summed E-state index contributed by atoms with van der Waals surface area (Å²) in [6.45, 7) is 6.28. The monoisotopic (exact) mass is 298 g/mol. The Balaban J connectivity index is 2.72. The van der Waals surface area contributed by atoms with E-state index in [2.05, 4.69) is 4.72 Å². The van der Waals surface area contributed by atoms with Gasteiger partial charge in [0, 0.05) is 13.6 Å². The van der Waals surface area contributed by atoms with Gasteiger partial charge in [-0.05, 0) is 38.5 Å². The maximum Gasteiger partial charge on any atom is 0.243 e. The predicted molar refractivity (Wildman–Crippen MR) is 77.8 cm³/mol. The van der Waals surface area contributed by atoms with E-state index in [0.29, 0.717) is 17.8 Å². The molecule has 1 aliphatic rings. The summed E-state index contributed by atoms with van der Waals surface area (Å²) in [6.07, 6.45) is 0. The molecule has 0 bridgehead atoms. The molecule has 0 fully saturated rings. The Morgan fingerprint density at radius 1 is 1.25 bits per heavy atom. The highest BCUT2D eigenvalue weighted by Crippen LogP contribution is 2.38. The maximum atomic E-state index is 13.0. The number of benzene rings is 1. The van der Waals surface area contributed by atoms with Crippen LogP contribution in [0.25, 0.3) is 4.91 Å². The van der Waals surface area contributed by atoms with Gasteiger partial charge >= 0.3 is 0 Å². The molecule has 2 rings (SSSR count). The Kier molecular flexibility index (Phi) is 3.64. The first-order chi connectivity index (χ1) is 9.19. The van der Waals surface area contributed by atoms with Crippen LogP contribution in [0, 0.1) is 5.82 Å². The van der Waals surface area contributed by atoms with E-state index < -0.39 is 15.6 Å². The third-order valence-corrected chi connectivity index (χ3v) is 5.17. The second kappa shape index (κ2) is 4.86. The first-order valence-corrected chi connectivity index (χ1v) is 7.93. The molecule has 0 aliphatic carbocycles. The maximum absolute atomic E-state index is 13.0. The molecule has 20 heavy (non-hydrogen) atoms. The van der Waals surface area contributed by atoms with Crippen LogP contribution in [0.5, 0.6) is 0 Å². The minimum absolute atomic E-state index is 0.229. The fourth-order valence-corrected chi connectivity index (χ4v) is 4.53. The van der Waals surface area contributed by atoms with Gasteiger partial charge < -0.3 is 4.90 Å². The van der Waals surface area contributed by atoms with Crippen molar-refractivity contribution in [3.05, 3.63) is 41.3 Å². The quantitative estimate of drug-likeness (QED) is 0.930. The summed E-state index contributed by atoms with van der Waals surface area (Å²) in [5.41, 5.74) is 0.513. The standard InChI is InChI=1S/C14H19FN2O2S/c1-5-17(4)13-12(10-6-8-11(15)9-7-10)20(18,19)16-14(13,2)3/h6-9,16H,5H2,1-4H3. The molecule has 0 spiro atoms. The third kappa shape index (κ3) is 2.45. The van der Waals surface area contributed by atoms with Crippen molar-refractivity contribution < 1.29 is 12.8 Å². The Morgan fingerprint density at radius 2 is 1.80 bits per heavy atom. The molecule has 0 atom stereocenters. The van der Waals surface area contributed by atoms with Crippen LogP contribution in [0.1, 0.15) is 26.3 Å². The third-order valence-electron chi connectivity index (χ3n) is 3.43. The summed E-state index contributed by atoms with van der Waals surface area (Å²) >= 11 is 0. The van der Waals surface area contributed by atoms with Gasteiger partial charge in [0.2, 0.25) is 10.0 Å². The number of nitrogens with zero attached hydrogens (tertiary/aromatic N) is 1. The van der Waals surface area contributed by atoms with Gasteiger partial charge in [-0.3, -0.25) is 0 Å². The Morgan fingerprint density at radius 3 is 2.30 bits per heavy atom. The molecule has 0 unspecified atom stereocenters. The topological polar surface area (TPSA) is 49.4 Å². The van der Waals surface area contributed by atoms with Gasteiger partial charge in [-0.15, -0.1) is 0 Å². The van der Waals surface area contributed by atoms with E-state index in [9.17, 15) is 12.8 Å². The Labute approximate surface area is 119 Å². The SMILES string of the molecule is CCN(C)C1=C(c2ccc(F)cc2)S(=O)(=O)NC1(C)C. The van der Waals surface area contributed by atoms with Crippen molar-refractivity contribution in [3.8, 4) is 0 Å². The van der Waals surface area contributed by atoms with E-state index in [4.69, 9.17) is 0 Å². The number of nitrogens with one attached hydrogen (secondary N) is 1. The van der Waals surface area contributed by atoms with E-state index in [-0.39, 0.29) is 10.7 Å². The normalized spacial score (nSPS) is 20.2. The average Bonchev–Trinajstić information content (AvgIpc) is 2.54. The van der Waals surface area contributed by atoms with Gasteiger partial charge in [-0.1, -0.05) is 12.1 Å². The molecule has 0 aromatic heterocycles. The van der Waals surface area contributed by atoms with E-state index in [1.165, 1.54) is 24.3 Å². The lowest BCUT2D eigenvalue weighted by molar-refractivity contribution is 0.360. The first kappa shape index (κ1) is 15.0. The van der Waals surface area contributed by atoms with Crippen LogP contribution in [-0.4, -0.2) is 32.4 Å². The molecule has 1 aromatic rings. The minimum Gasteiger partial charge on any atom is -0.376 e. The van der Waals surface area contributed by atoms with Gasteiger partial charge in [0.25, 0.3) is 0 Å². The molecular weight excluding hydrogens is 279 g/mol. The van der Waals surface area contributed by atoms with Crippen molar-refractivity contribution in [3.63, 3.8) is 0 Å². The van der Waals surface area contributed by atoms with Gasteiger partial charge in [0.15, 0.2) is 0 Å². The number of halogens is 1. The lowest BCUT2D eigenvalue weighted by Gasteiger charge is -2.29. The molecule has 4 nitrogen and oxygen atoms in total. The fourth-order valence-electron chi connectivity index (χ4n) is 2.55. The highest BCUT2D eigenvalue weighted by atomic mass is 32.2. The number of rotatable bonds is 3. The largest absolute Gasteiger partial charge is 0.376 e. The molecule has 6 heteroatoms. The van der Waals surface area contributed by atoms with Gasteiger partial charge in [-0.25, -0.2) is 12.8 Å². The molecule has 0 amide bonds. The fraction of sp³-hybridized carbons (Fsp3) is 0.429. The van der Waals surface area contributed by atoms with Crippen molar-refractivity contribution in [2.75, 3.05) is 13.6 Å². The molecule has 1 N–H and O–H groups in total. The molecule has 0 saturated heterocycles. The molecule has 1 aromatic carbocycles. The Hall–Kier alpha value is -1.40. The summed E-state index contributed by atoms with van der Waals surface area (Å²) in [5.74, 6) is -0.387. The van der Waals surface area contributed by atoms with Crippen LogP contribution in [0.15, 0.2) is 30.0 Å². The Bertz CT molecular complexity index is 648. The van der Waals surface area contributed by atoms with Crippen LogP contribution in [0.3, 0.4) is 0 Å². The lowest BCUT2D eigenvalue weighted by Crippen LogP contribution is -2.42. The molecular formula is C14H19FN2O2S. The van der Waals surface area contributed by atoms with Crippen LogP contribution in [0.2, 0.25) is 0 Å². The summed E-state index contributed by atoms with van der Waals surface area (Å²) in [7, 11) is -1.75. The number of sulfonamides is 1. The van der Waals surface area contributed by atoms with E-state index in [1.54, 1.807) is 0 Å². The smallest absolute Gasteiger partial charge is 0.243 e. The number of hydrogen-bond donors (Lipinski definition) is 1. The molecule has 1 heterocycles. The summed E-state index contributed by atoms with van der Waals surface area (Å²) in [6, 6.07) is 5.53. The van der Waals surface area contributed by atoms with Gasteiger partial charge in [0.05, 0.1) is 11.2 Å². The van der Waals surface area contributed by atoms with Crippen LogP contribution in [0.4, 0.5) is 4.39 Å². The predicted octanol–water partition coefficient (Wildman–Crippen LogP) is 2.16. The average molecular weight is 298 g/mol. The second-order valence-corrected chi connectivity index (χ2v) is 7.05. The van der Waals surface area contributed by atoms with E-state index in [1.807, 2.05) is 32.7 Å². The van der Waals surface area contributed by atoms with Crippen LogP contribution >= 0.6 is 0 Å². The highest BCUT2D eigenvalue weighted by molar-refractivity contribution is 7.99. The second-order valence-electron chi connectivity index (χ2n) is 5.43. The minimum atomic E-state index is -3.60. The van der Waals surface area contributed by atoms with Crippen LogP contribution in [-0.2, 0) is 10.0 Å². The zero-order valence-corrected chi connectivity index (χ0v) is 12.9. The molecule has 1 aliphatic heterocycles. The van der Waals surface area contributed by atoms with Crippen molar-refractivity contribution >= 4 is 14.9 Å². The summed E-state index contributed by atoms with van der Waals surface area (Å²) in [4.78, 5) is 2.13. The molecule has 110 valence electrons. The number of likely N-dealkylation sites (N-methyl/N-ethyl adjacent to an activating group) is 1. The van der Waals surface area contributed by atoms with Crippen molar-refractivity contribution in [1.29, 1.82) is 0 Å². The van der Waals surface area contributed by atoms with Crippen molar-refractivity contribution in [2.45, 2.75) is 26.3 Å². The zero-order valence-electron chi connectivity index (χ0n) is 12.1. The van der Waals surface area contributed by atoms with Gasteiger partial charge in [0.1, 0.15) is 10.7 Å². The van der Waals surface area contributed by atoms with E-state index in [0.717, 1.165) is 0 Å². The van der Waals surface area contributed by atoms with Gasteiger partial charge in [-0.2, -0.15) is 4.72 Å². The summed E-state index contributed by atoms with van der Waals surface area (Å²) in [5, 5.41) is 0. The highest BCUT2D eigenvalue weighted by Gasteiger charge is 2.44. The van der Waals surface area contributed by atoms with E-state index >= 15 is 0 Å². The van der Waals surface area contributed by atoms with Crippen molar-refractivity contribution in [1.82, 2.24) is 9.62 Å². The summed E-state index contributed by atoms with van der Waals surface area (Å²) < 4.78 is 40.5. The zero-order chi connectivity index (χ0) is 15.1.